The summed E-state index contributed by atoms with van der Waals surface area (Å²) in [6.45, 7) is -0.0939. The first-order valence-corrected chi connectivity index (χ1v) is 14.3. The van der Waals surface area contributed by atoms with Crippen molar-refractivity contribution in [3.05, 3.63) is 83.3 Å². The highest BCUT2D eigenvalue weighted by molar-refractivity contribution is 7.86. The second kappa shape index (κ2) is 12.4. The SMILES string of the molecule is CNC(=O)c1[nH]nc2nc(-c3cc(F)c(O)cc3CC(F)(F)F)nc(NCc3cc(O)ccc3N(C)S(=O)c3ccccc3)c12. The van der Waals surface area contributed by atoms with Crippen molar-refractivity contribution >= 4 is 39.4 Å². The number of phenols is 2. The number of nitrogens with one attached hydrogen (secondary N) is 3. The van der Waals surface area contributed by atoms with E-state index in [4.69, 9.17) is 0 Å². The lowest BCUT2D eigenvalue weighted by Crippen LogP contribution is -2.22. The Balaban J connectivity index is 1.60. The number of hydrogen-bond acceptors (Lipinski definition) is 8. The van der Waals surface area contributed by atoms with Crippen LogP contribution in [0.3, 0.4) is 0 Å². The normalized spacial score (nSPS) is 12.2. The van der Waals surface area contributed by atoms with Gasteiger partial charge in [0, 0.05) is 26.2 Å². The molecule has 5 aromatic rings. The third kappa shape index (κ3) is 6.64. The van der Waals surface area contributed by atoms with Gasteiger partial charge in [-0.05, 0) is 53.6 Å². The number of rotatable bonds is 9. The highest BCUT2D eigenvalue weighted by Crippen LogP contribution is 2.35. The molecule has 2 heterocycles. The summed E-state index contributed by atoms with van der Waals surface area (Å²) in [6.07, 6.45) is -6.22. The van der Waals surface area contributed by atoms with Crippen molar-refractivity contribution in [1.29, 1.82) is 0 Å². The molecule has 0 bridgehead atoms. The van der Waals surface area contributed by atoms with Gasteiger partial charge in [0.2, 0.25) is 0 Å². The van der Waals surface area contributed by atoms with Crippen molar-refractivity contribution < 1.29 is 36.8 Å². The predicted octanol–water partition coefficient (Wildman–Crippen LogP) is 4.81. The fourth-order valence-corrected chi connectivity index (χ4v) is 5.68. The van der Waals surface area contributed by atoms with Crippen LogP contribution in [0.5, 0.6) is 11.5 Å². The van der Waals surface area contributed by atoms with E-state index in [-0.39, 0.29) is 46.2 Å². The zero-order valence-corrected chi connectivity index (χ0v) is 24.4. The van der Waals surface area contributed by atoms with E-state index in [1.165, 1.54) is 23.5 Å². The van der Waals surface area contributed by atoms with Gasteiger partial charge in [0.25, 0.3) is 5.91 Å². The number of H-pyrrole nitrogens is 1. The quantitative estimate of drug-likeness (QED) is 0.143. The van der Waals surface area contributed by atoms with Crippen LogP contribution in [-0.2, 0) is 24.0 Å². The van der Waals surface area contributed by atoms with Gasteiger partial charge in [-0.3, -0.25) is 14.2 Å². The van der Waals surface area contributed by atoms with Gasteiger partial charge in [-0.2, -0.15) is 18.3 Å². The number of aromatic amines is 1. The summed E-state index contributed by atoms with van der Waals surface area (Å²) in [7, 11) is 1.34. The maximum atomic E-state index is 14.4. The van der Waals surface area contributed by atoms with Crippen LogP contribution in [0.15, 0.2) is 65.6 Å². The molecule has 0 spiro atoms. The average molecular weight is 644 g/mol. The number of anilines is 2. The number of halogens is 4. The first-order chi connectivity index (χ1) is 21.4. The molecule has 1 unspecified atom stereocenters. The lowest BCUT2D eigenvalue weighted by molar-refractivity contribution is -0.127. The van der Waals surface area contributed by atoms with Crippen LogP contribution in [0, 0.1) is 5.82 Å². The minimum atomic E-state index is -4.71. The van der Waals surface area contributed by atoms with Gasteiger partial charge in [-0.15, -0.1) is 0 Å². The predicted molar refractivity (Wildman–Crippen MR) is 159 cm³/mol. The van der Waals surface area contributed by atoms with Crippen molar-refractivity contribution in [2.45, 2.75) is 24.0 Å². The van der Waals surface area contributed by atoms with Crippen LogP contribution in [-0.4, -0.2) is 60.8 Å². The van der Waals surface area contributed by atoms with Gasteiger partial charge < -0.3 is 20.8 Å². The van der Waals surface area contributed by atoms with Crippen LogP contribution in [0.4, 0.5) is 29.1 Å². The molecular formula is C29H25F4N7O4S. The largest absolute Gasteiger partial charge is 0.508 e. The molecule has 0 saturated carbocycles. The second-order valence-electron chi connectivity index (χ2n) is 9.75. The van der Waals surface area contributed by atoms with Crippen molar-refractivity contribution in [2.75, 3.05) is 23.7 Å². The second-order valence-corrected chi connectivity index (χ2v) is 11.3. The number of nitrogens with zero attached hydrogens (tertiary/aromatic N) is 4. The van der Waals surface area contributed by atoms with Crippen molar-refractivity contribution in [2.24, 2.45) is 0 Å². The highest BCUT2D eigenvalue weighted by Gasteiger charge is 2.31. The number of fused-ring (bicyclic) bond motifs is 1. The molecule has 3 aromatic carbocycles. The molecule has 0 aliphatic heterocycles. The van der Waals surface area contributed by atoms with Crippen LogP contribution in [0.1, 0.15) is 21.6 Å². The van der Waals surface area contributed by atoms with Crippen molar-refractivity contribution in [1.82, 2.24) is 25.5 Å². The zero-order valence-electron chi connectivity index (χ0n) is 23.6. The number of carbonyl (C=O) groups excluding carboxylic acids is 1. The topological polar surface area (TPSA) is 156 Å². The van der Waals surface area contributed by atoms with Crippen molar-refractivity contribution in [3.63, 3.8) is 0 Å². The summed E-state index contributed by atoms with van der Waals surface area (Å²) < 4.78 is 69.4. The summed E-state index contributed by atoms with van der Waals surface area (Å²) >= 11 is 0. The summed E-state index contributed by atoms with van der Waals surface area (Å²) in [5.74, 6) is -3.30. The maximum absolute atomic E-state index is 14.4. The van der Waals surface area contributed by atoms with Crippen LogP contribution in [0.25, 0.3) is 22.4 Å². The smallest absolute Gasteiger partial charge is 0.393 e. The van der Waals surface area contributed by atoms with Gasteiger partial charge in [0.05, 0.1) is 22.4 Å². The summed E-state index contributed by atoms with van der Waals surface area (Å²) in [5.41, 5.74) is -0.131. The molecule has 0 aliphatic carbocycles. The first-order valence-electron chi connectivity index (χ1n) is 13.2. The molecule has 0 saturated heterocycles. The molecule has 2 aromatic heterocycles. The van der Waals surface area contributed by atoms with Gasteiger partial charge in [-0.1, -0.05) is 18.2 Å². The number of hydrogen-bond donors (Lipinski definition) is 5. The Hall–Kier alpha value is -5.25. The Morgan fingerprint density at radius 1 is 1.04 bits per heavy atom. The van der Waals surface area contributed by atoms with E-state index in [2.05, 4.69) is 30.8 Å². The van der Waals surface area contributed by atoms with Gasteiger partial charge in [0.15, 0.2) is 34.0 Å². The average Bonchev–Trinajstić information content (AvgIpc) is 3.44. The number of aromatic nitrogens is 4. The molecule has 5 N–H and O–H groups in total. The Morgan fingerprint density at radius 3 is 2.47 bits per heavy atom. The number of alkyl halides is 3. The van der Waals surface area contributed by atoms with Crippen LogP contribution in [0.2, 0.25) is 0 Å². The first kappa shape index (κ1) is 31.2. The lowest BCUT2D eigenvalue weighted by Gasteiger charge is -2.22. The molecule has 1 amide bonds. The molecular weight excluding hydrogens is 618 g/mol. The molecule has 1 atom stereocenters. The molecule has 0 radical (unpaired) electrons. The number of phenolic OH excluding ortho intramolecular Hbond substituents is 2. The van der Waals surface area contributed by atoms with E-state index in [1.807, 2.05) is 0 Å². The summed E-state index contributed by atoms with van der Waals surface area (Å²) in [5, 5.41) is 32.2. The molecule has 45 heavy (non-hydrogen) atoms. The Kier molecular flexibility index (Phi) is 8.59. The summed E-state index contributed by atoms with van der Waals surface area (Å²) in [6, 6.07) is 14.4. The molecule has 0 aliphatic rings. The van der Waals surface area contributed by atoms with Gasteiger partial charge in [0.1, 0.15) is 17.3 Å². The Morgan fingerprint density at radius 2 is 1.78 bits per heavy atom. The summed E-state index contributed by atoms with van der Waals surface area (Å²) in [4.78, 5) is 21.7. The van der Waals surface area contributed by atoms with E-state index in [0.29, 0.717) is 28.3 Å². The minimum Gasteiger partial charge on any atom is -0.508 e. The van der Waals surface area contributed by atoms with E-state index >= 15 is 0 Å². The number of aromatic hydroxyl groups is 2. The third-order valence-electron chi connectivity index (χ3n) is 6.71. The molecule has 5 rings (SSSR count). The molecule has 16 heteroatoms. The van der Waals surface area contributed by atoms with E-state index < -0.39 is 46.6 Å². The van der Waals surface area contributed by atoms with Gasteiger partial charge in [-0.25, -0.2) is 18.6 Å². The Bertz CT molecular complexity index is 1920. The van der Waals surface area contributed by atoms with Crippen molar-refractivity contribution in [3.8, 4) is 22.9 Å². The fourth-order valence-electron chi connectivity index (χ4n) is 4.62. The monoisotopic (exact) mass is 643 g/mol. The van der Waals surface area contributed by atoms with Crippen LogP contribution < -0.4 is 14.9 Å². The Labute approximate surface area is 255 Å². The third-order valence-corrected chi connectivity index (χ3v) is 8.08. The standard InChI is InChI=1S/C29H25F4N7O4S/c1-34-28(43)24-23-26(35-14-16-10-17(41)8-9-21(16)40(2)45(44)18-6-4-3-5-7-18)36-25(37-27(23)39-38-24)19-12-20(30)22(42)11-15(19)13-29(31,32)33/h3-12,41-42H,13-14H2,1-2H3,(H,34,43)(H2,35,36,37,38,39). The highest BCUT2D eigenvalue weighted by atomic mass is 32.2. The van der Waals surface area contributed by atoms with E-state index in [1.54, 1.807) is 43.4 Å². The van der Waals surface area contributed by atoms with E-state index in [0.717, 1.165) is 0 Å². The minimum absolute atomic E-state index is 0.0603. The number of carbonyl (C=O) groups is 1. The molecule has 234 valence electrons. The van der Waals surface area contributed by atoms with E-state index in [9.17, 15) is 36.8 Å². The number of benzene rings is 3. The zero-order chi connectivity index (χ0) is 32.5. The maximum Gasteiger partial charge on any atom is 0.393 e. The van der Waals surface area contributed by atoms with Gasteiger partial charge >= 0.3 is 6.18 Å². The molecule has 11 nitrogen and oxygen atoms in total. The molecule has 0 fully saturated rings. The fraction of sp³-hybridized carbons (Fsp3) is 0.172. The lowest BCUT2D eigenvalue weighted by atomic mass is 10.0. The number of amides is 1. The van der Waals surface area contributed by atoms with Crippen LogP contribution >= 0.6 is 0 Å².